The standard InChI is InChI=1S/C18H29N3O/c1-15(16-8-4-3-5-9-16)20(2)18(22)14-21-13-7-6-10-17(21)11-12-19/h3-5,8-9,15,17H,6-7,10-14,19H2,1-2H3. The minimum absolute atomic E-state index is 0.103. The number of piperidine rings is 1. The minimum atomic E-state index is 0.103. The fraction of sp³-hybridized carbons (Fsp3) is 0.611. The van der Waals surface area contributed by atoms with Gasteiger partial charge in [-0.25, -0.2) is 0 Å². The van der Waals surface area contributed by atoms with Crippen molar-refractivity contribution in [2.75, 3.05) is 26.7 Å². The third-order valence-electron chi connectivity index (χ3n) is 4.84. The van der Waals surface area contributed by atoms with E-state index < -0.39 is 0 Å². The summed E-state index contributed by atoms with van der Waals surface area (Å²) in [6, 6.07) is 10.8. The number of benzene rings is 1. The number of carbonyl (C=O) groups excluding carboxylic acids is 1. The van der Waals surface area contributed by atoms with Crippen LogP contribution in [0.4, 0.5) is 0 Å². The zero-order valence-corrected chi connectivity index (χ0v) is 13.9. The molecule has 22 heavy (non-hydrogen) atoms. The van der Waals surface area contributed by atoms with Gasteiger partial charge in [-0.3, -0.25) is 9.69 Å². The molecule has 1 amide bonds. The van der Waals surface area contributed by atoms with E-state index in [1.165, 1.54) is 24.8 Å². The number of rotatable bonds is 6. The molecule has 0 bridgehead atoms. The molecule has 0 aromatic heterocycles. The average molecular weight is 303 g/mol. The van der Waals surface area contributed by atoms with Crippen LogP contribution >= 0.6 is 0 Å². The molecule has 2 atom stereocenters. The fourth-order valence-corrected chi connectivity index (χ4v) is 3.24. The molecule has 4 nitrogen and oxygen atoms in total. The van der Waals surface area contributed by atoms with Crippen LogP contribution in [-0.2, 0) is 4.79 Å². The van der Waals surface area contributed by atoms with Crippen molar-refractivity contribution in [1.82, 2.24) is 9.80 Å². The Labute approximate surface area is 134 Å². The maximum absolute atomic E-state index is 12.6. The van der Waals surface area contributed by atoms with Gasteiger partial charge < -0.3 is 10.6 Å². The summed E-state index contributed by atoms with van der Waals surface area (Å²) in [6.45, 7) is 4.31. The molecule has 4 heteroatoms. The van der Waals surface area contributed by atoms with Gasteiger partial charge in [0.2, 0.25) is 5.91 Å². The van der Waals surface area contributed by atoms with Crippen molar-refractivity contribution in [2.45, 2.75) is 44.7 Å². The van der Waals surface area contributed by atoms with Gasteiger partial charge in [-0.2, -0.15) is 0 Å². The molecular formula is C18H29N3O. The van der Waals surface area contributed by atoms with Gasteiger partial charge in [-0.1, -0.05) is 36.8 Å². The molecule has 1 saturated heterocycles. The Morgan fingerprint density at radius 2 is 2.09 bits per heavy atom. The van der Waals surface area contributed by atoms with Crippen molar-refractivity contribution in [3.05, 3.63) is 35.9 Å². The van der Waals surface area contributed by atoms with Gasteiger partial charge in [0.1, 0.15) is 0 Å². The largest absolute Gasteiger partial charge is 0.338 e. The second kappa shape index (κ2) is 8.30. The summed E-state index contributed by atoms with van der Waals surface area (Å²) < 4.78 is 0. The Hall–Kier alpha value is -1.39. The van der Waals surface area contributed by atoms with Crippen LogP contribution in [0.25, 0.3) is 0 Å². The van der Waals surface area contributed by atoms with E-state index in [0.717, 1.165) is 13.0 Å². The first-order valence-electron chi connectivity index (χ1n) is 8.38. The summed E-state index contributed by atoms with van der Waals surface area (Å²) in [5.74, 6) is 0.195. The predicted octanol–water partition coefficient (Wildman–Crippen LogP) is 2.41. The highest BCUT2D eigenvalue weighted by atomic mass is 16.2. The molecule has 2 N–H and O–H groups in total. The molecule has 1 aliphatic rings. The lowest BCUT2D eigenvalue weighted by Gasteiger charge is -2.36. The minimum Gasteiger partial charge on any atom is -0.338 e. The number of amides is 1. The molecule has 1 heterocycles. The SMILES string of the molecule is CC(c1ccccc1)N(C)C(=O)CN1CCCCC1CCN. The van der Waals surface area contributed by atoms with Gasteiger partial charge in [-0.05, 0) is 44.8 Å². The van der Waals surface area contributed by atoms with Crippen molar-refractivity contribution in [3.63, 3.8) is 0 Å². The molecule has 2 rings (SSSR count). The van der Waals surface area contributed by atoms with E-state index in [0.29, 0.717) is 19.1 Å². The molecule has 0 saturated carbocycles. The van der Waals surface area contributed by atoms with Crippen LogP contribution in [0.3, 0.4) is 0 Å². The highest BCUT2D eigenvalue weighted by Crippen LogP contribution is 2.21. The number of nitrogens with two attached hydrogens (primary N) is 1. The van der Waals surface area contributed by atoms with Crippen molar-refractivity contribution in [2.24, 2.45) is 5.73 Å². The average Bonchev–Trinajstić information content (AvgIpc) is 2.56. The Balaban J connectivity index is 1.95. The molecular weight excluding hydrogens is 274 g/mol. The summed E-state index contributed by atoms with van der Waals surface area (Å²) in [6.07, 6.45) is 4.60. The zero-order chi connectivity index (χ0) is 15.9. The van der Waals surface area contributed by atoms with Crippen LogP contribution in [0.2, 0.25) is 0 Å². The van der Waals surface area contributed by atoms with Gasteiger partial charge in [0, 0.05) is 13.1 Å². The van der Waals surface area contributed by atoms with Gasteiger partial charge >= 0.3 is 0 Å². The molecule has 1 aromatic rings. The lowest BCUT2D eigenvalue weighted by Crippen LogP contribution is -2.47. The normalized spacial score (nSPS) is 20.6. The maximum atomic E-state index is 12.6. The molecule has 122 valence electrons. The van der Waals surface area contributed by atoms with E-state index in [2.05, 4.69) is 24.0 Å². The molecule has 1 aliphatic heterocycles. The number of hydrogen-bond acceptors (Lipinski definition) is 3. The zero-order valence-electron chi connectivity index (χ0n) is 13.9. The quantitative estimate of drug-likeness (QED) is 0.878. The smallest absolute Gasteiger partial charge is 0.237 e. The van der Waals surface area contributed by atoms with Crippen LogP contribution in [0.15, 0.2) is 30.3 Å². The number of nitrogens with zero attached hydrogens (tertiary/aromatic N) is 2. The van der Waals surface area contributed by atoms with Crippen LogP contribution in [0.1, 0.15) is 44.2 Å². The summed E-state index contributed by atoms with van der Waals surface area (Å²) in [5.41, 5.74) is 6.89. The molecule has 0 spiro atoms. The van der Waals surface area contributed by atoms with Gasteiger partial charge in [-0.15, -0.1) is 0 Å². The van der Waals surface area contributed by atoms with Crippen LogP contribution in [-0.4, -0.2) is 48.4 Å². The number of likely N-dealkylation sites (tertiary alicyclic amines) is 1. The molecule has 1 aromatic carbocycles. The number of likely N-dealkylation sites (N-methyl/N-ethyl adjacent to an activating group) is 1. The molecule has 0 radical (unpaired) electrons. The third-order valence-corrected chi connectivity index (χ3v) is 4.84. The Bertz CT molecular complexity index is 461. The highest BCUT2D eigenvalue weighted by Gasteiger charge is 2.26. The van der Waals surface area contributed by atoms with E-state index in [1.807, 2.05) is 30.1 Å². The summed E-state index contributed by atoms with van der Waals surface area (Å²) >= 11 is 0. The monoisotopic (exact) mass is 303 g/mol. The number of hydrogen-bond donors (Lipinski definition) is 1. The number of carbonyl (C=O) groups is 1. The predicted molar refractivity (Wildman–Crippen MR) is 90.5 cm³/mol. The van der Waals surface area contributed by atoms with Gasteiger partial charge in [0.05, 0.1) is 12.6 Å². The Morgan fingerprint density at radius 1 is 1.36 bits per heavy atom. The van der Waals surface area contributed by atoms with Gasteiger partial charge in [0.25, 0.3) is 0 Å². The molecule has 2 unspecified atom stereocenters. The first-order chi connectivity index (χ1) is 10.6. The summed E-state index contributed by atoms with van der Waals surface area (Å²) in [4.78, 5) is 16.8. The molecule has 0 aliphatic carbocycles. The van der Waals surface area contributed by atoms with E-state index in [-0.39, 0.29) is 11.9 Å². The van der Waals surface area contributed by atoms with E-state index in [4.69, 9.17) is 5.73 Å². The highest BCUT2D eigenvalue weighted by molar-refractivity contribution is 5.78. The van der Waals surface area contributed by atoms with E-state index in [1.54, 1.807) is 0 Å². The summed E-state index contributed by atoms with van der Waals surface area (Å²) in [5, 5.41) is 0. The van der Waals surface area contributed by atoms with Crippen molar-refractivity contribution in [3.8, 4) is 0 Å². The fourth-order valence-electron chi connectivity index (χ4n) is 3.24. The second-order valence-corrected chi connectivity index (χ2v) is 6.29. The second-order valence-electron chi connectivity index (χ2n) is 6.29. The van der Waals surface area contributed by atoms with Crippen LogP contribution < -0.4 is 5.73 Å². The van der Waals surface area contributed by atoms with Crippen molar-refractivity contribution in [1.29, 1.82) is 0 Å². The Kier molecular flexibility index (Phi) is 6.40. The lowest BCUT2D eigenvalue weighted by molar-refractivity contribution is -0.134. The Morgan fingerprint density at radius 3 is 2.77 bits per heavy atom. The first-order valence-corrected chi connectivity index (χ1v) is 8.38. The van der Waals surface area contributed by atoms with Crippen molar-refractivity contribution < 1.29 is 4.79 Å². The van der Waals surface area contributed by atoms with Crippen molar-refractivity contribution >= 4 is 5.91 Å². The van der Waals surface area contributed by atoms with Crippen LogP contribution in [0.5, 0.6) is 0 Å². The van der Waals surface area contributed by atoms with Gasteiger partial charge in [0.15, 0.2) is 0 Å². The topological polar surface area (TPSA) is 49.6 Å². The lowest BCUT2D eigenvalue weighted by atomic mass is 9.99. The first kappa shape index (κ1) is 17.0. The molecule has 1 fully saturated rings. The van der Waals surface area contributed by atoms with E-state index in [9.17, 15) is 4.79 Å². The third kappa shape index (κ3) is 4.31. The van der Waals surface area contributed by atoms with E-state index >= 15 is 0 Å². The van der Waals surface area contributed by atoms with Crippen LogP contribution in [0, 0.1) is 0 Å². The maximum Gasteiger partial charge on any atom is 0.237 e. The summed E-state index contributed by atoms with van der Waals surface area (Å²) in [7, 11) is 1.90.